The van der Waals surface area contributed by atoms with Crippen molar-refractivity contribution in [1.29, 1.82) is 0 Å². The first-order chi connectivity index (χ1) is 29.3. The average molecular weight is 967 g/mol. The molecular weight excluding hydrogens is 931 g/mol. The fraction of sp³-hybridized carbons (Fsp3) is 0.209. The molecule has 4 aromatic carbocycles. The highest BCUT2D eigenvalue weighted by Crippen LogP contribution is 2.41. The Balaban J connectivity index is 0.000000235. The van der Waals surface area contributed by atoms with Gasteiger partial charge in [-0.15, -0.1) is 22.7 Å². The molecule has 6 rings (SSSR count). The van der Waals surface area contributed by atoms with Gasteiger partial charge in [0.15, 0.2) is 10.3 Å². The molecule has 0 saturated carbocycles. The lowest BCUT2D eigenvalue weighted by molar-refractivity contribution is -0.141. The number of hydrogen-bond donors (Lipinski definition) is 2. The zero-order valence-corrected chi connectivity index (χ0v) is 37.2. The second-order valence-electron chi connectivity index (χ2n) is 13.7. The van der Waals surface area contributed by atoms with Gasteiger partial charge < -0.3 is 10.2 Å². The second kappa shape index (κ2) is 21.4. The lowest BCUT2D eigenvalue weighted by Gasteiger charge is -2.21. The Hall–Kier alpha value is -5.03. The van der Waals surface area contributed by atoms with E-state index in [1.165, 1.54) is 45.7 Å². The van der Waals surface area contributed by atoms with Crippen molar-refractivity contribution >= 4 is 103 Å². The lowest BCUT2D eigenvalue weighted by atomic mass is 9.95. The molecule has 10 nitrogen and oxygen atoms in total. The van der Waals surface area contributed by atoms with Gasteiger partial charge in [0.2, 0.25) is 11.8 Å². The van der Waals surface area contributed by atoms with E-state index in [1.54, 1.807) is 42.8 Å². The molecule has 0 aliphatic carbocycles. The number of aliphatic carboxylic acids is 2. The summed E-state index contributed by atoms with van der Waals surface area (Å²) in [6, 6.07) is 24.7. The van der Waals surface area contributed by atoms with Crippen LogP contribution in [-0.2, 0) is 38.2 Å². The van der Waals surface area contributed by atoms with E-state index >= 15 is 0 Å². The average Bonchev–Trinajstić information content (AvgIpc) is 3.92. The summed E-state index contributed by atoms with van der Waals surface area (Å²) in [6.07, 6.45) is -4.73. The van der Waals surface area contributed by atoms with Crippen molar-refractivity contribution in [1.82, 2.24) is 9.97 Å². The fourth-order valence-electron chi connectivity index (χ4n) is 6.25. The highest BCUT2D eigenvalue weighted by Gasteiger charge is 2.35. The summed E-state index contributed by atoms with van der Waals surface area (Å²) in [6.45, 7) is 0. The third-order valence-corrected chi connectivity index (χ3v) is 12.3. The van der Waals surface area contributed by atoms with Crippen molar-refractivity contribution in [2.45, 2.75) is 31.9 Å². The van der Waals surface area contributed by atoms with Gasteiger partial charge in [0.25, 0.3) is 0 Å². The number of nitrogens with zero attached hydrogens (tertiary/aromatic N) is 4. The molecule has 0 spiro atoms. The van der Waals surface area contributed by atoms with E-state index in [0.717, 1.165) is 34.6 Å². The Labute approximate surface area is 382 Å². The molecule has 2 heterocycles. The second-order valence-corrected chi connectivity index (χ2v) is 17.1. The van der Waals surface area contributed by atoms with E-state index in [4.69, 9.17) is 46.4 Å². The Morgan fingerprint density at radius 2 is 1.08 bits per heavy atom. The normalized spacial score (nSPS) is 12.1. The van der Waals surface area contributed by atoms with Crippen LogP contribution in [0.2, 0.25) is 20.1 Å². The minimum absolute atomic E-state index is 0.0253. The third kappa shape index (κ3) is 12.8. The molecule has 324 valence electrons. The number of rotatable bonds is 14. The highest BCUT2D eigenvalue weighted by atomic mass is 35.5. The van der Waals surface area contributed by atoms with E-state index in [0.29, 0.717) is 37.9 Å². The van der Waals surface area contributed by atoms with Gasteiger partial charge in [0, 0.05) is 46.0 Å². The predicted octanol–water partition coefficient (Wildman–Crippen LogP) is 11.8. The highest BCUT2D eigenvalue weighted by molar-refractivity contribution is 7.14. The van der Waals surface area contributed by atoms with Crippen LogP contribution < -0.4 is 9.80 Å². The molecule has 2 aromatic heterocycles. The van der Waals surface area contributed by atoms with Gasteiger partial charge >= 0.3 is 18.1 Å². The number of hydrogen-bond acceptors (Lipinski definition) is 8. The molecule has 0 saturated heterocycles. The van der Waals surface area contributed by atoms with Crippen LogP contribution in [0, 0.1) is 11.8 Å². The minimum atomic E-state index is -4.60. The summed E-state index contributed by atoms with van der Waals surface area (Å²) in [4.78, 5) is 60.0. The third-order valence-electron chi connectivity index (χ3n) is 9.24. The number of carboxylic acids is 2. The van der Waals surface area contributed by atoms with Crippen LogP contribution in [-0.4, -0.2) is 58.0 Å². The van der Waals surface area contributed by atoms with Crippen molar-refractivity contribution in [2.24, 2.45) is 11.8 Å². The Morgan fingerprint density at radius 1 is 0.645 bits per heavy atom. The van der Waals surface area contributed by atoms with E-state index < -0.39 is 41.4 Å². The maximum absolute atomic E-state index is 13.4. The van der Waals surface area contributed by atoms with Crippen molar-refractivity contribution in [3.05, 3.63) is 139 Å². The van der Waals surface area contributed by atoms with Gasteiger partial charge in [-0.1, -0.05) is 107 Å². The number of halogens is 7. The molecule has 62 heavy (non-hydrogen) atoms. The van der Waals surface area contributed by atoms with Crippen LogP contribution in [0.25, 0.3) is 22.5 Å². The lowest BCUT2D eigenvalue weighted by Crippen LogP contribution is -2.35. The maximum Gasteiger partial charge on any atom is 0.417 e. The van der Waals surface area contributed by atoms with Crippen LogP contribution in [0.3, 0.4) is 0 Å². The number of amides is 2. The van der Waals surface area contributed by atoms with Crippen LogP contribution in [0.4, 0.5) is 23.4 Å². The molecule has 0 aliphatic heterocycles. The zero-order chi connectivity index (χ0) is 45.3. The Morgan fingerprint density at radius 3 is 1.52 bits per heavy atom. The van der Waals surface area contributed by atoms with E-state index in [9.17, 15) is 42.6 Å². The SMILES string of the molecule is CN(C(=O)[C@@H](CC(=O)O)Cc1ccccc1)c1nc(-c2cc(Cl)cc(Cl)c2Cl)cs1.CN(C(=O)[C@@H](CC(=O)O)Cc1ccccc1)c1nc(-c2cc(Cl)ccc2C(F)(F)F)cs1. The molecule has 0 fully saturated rings. The van der Waals surface area contributed by atoms with E-state index in [1.807, 2.05) is 36.4 Å². The first-order valence-corrected chi connectivity index (χ1v) is 21.6. The summed E-state index contributed by atoms with van der Waals surface area (Å²) >= 11 is 26.6. The summed E-state index contributed by atoms with van der Waals surface area (Å²) < 4.78 is 40.2. The molecule has 2 amide bonds. The van der Waals surface area contributed by atoms with Crippen LogP contribution in [0.5, 0.6) is 0 Å². The van der Waals surface area contributed by atoms with Crippen LogP contribution in [0.15, 0.2) is 102 Å². The molecule has 0 bridgehead atoms. The molecular formula is C43H35Cl4F3N4O6S2. The predicted molar refractivity (Wildman–Crippen MR) is 239 cm³/mol. The Kier molecular flexibility index (Phi) is 16.5. The molecule has 0 radical (unpaired) electrons. The van der Waals surface area contributed by atoms with Gasteiger partial charge in [0.05, 0.1) is 51.7 Å². The van der Waals surface area contributed by atoms with Crippen molar-refractivity contribution < 1.29 is 42.6 Å². The number of alkyl halides is 3. The summed E-state index contributed by atoms with van der Waals surface area (Å²) in [5.74, 6) is -4.54. The number of aromatic nitrogens is 2. The number of anilines is 2. The fourth-order valence-corrected chi connectivity index (χ4v) is 8.71. The number of thiazole rings is 2. The Bertz CT molecular complexity index is 2540. The summed E-state index contributed by atoms with van der Waals surface area (Å²) in [5, 5.41) is 23.4. The first kappa shape index (κ1) is 48.0. The minimum Gasteiger partial charge on any atom is -0.481 e. The molecule has 6 aromatic rings. The maximum atomic E-state index is 13.4. The number of benzene rings is 4. The van der Waals surface area contributed by atoms with Crippen molar-refractivity contribution in [3.8, 4) is 22.5 Å². The monoisotopic (exact) mass is 964 g/mol. The van der Waals surface area contributed by atoms with Gasteiger partial charge in [0.1, 0.15) is 0 Å². The first-order valence-electron chi connectivity index (χ1n) is 18.3. The topological polar surface area (TPSA) is 141 Å². The van der Waals surface area contributed by atoms with E-state index in [2.05, 4.69) is 9.97 Å². The standard InChI is InChI=1S/C22H18ClF3N2O3S.C21H17Cl3N2O3S/c1-28(20(31)14(10-19(29)30)9-13-5-3-2-4-6-13)21-27-18(12-32-21)16-11-15(23)7-8-17(16)22(24,25)26;1-26(20(29)13(8-18(27)28)7-12-5-3-2-4-6-12)21-25-17(11-30-21)15-9-14(22)10-16(23)19(15)24/h2-8,11-12,14H,9-10H2,1H3,(H,29,30);2-6,9-11,13H,7-8H2,1H3,(H,27,28)/t14-;13-/m11/s1. The zero-order valence-electron chi connectivity index (χ0n) is 32.6. The molecule has 19 heteroatoms. The molecule has 0 aliphatic rings. The number of carbonyl (C=O) groups excluding carboxylic acids is 2. The molecule has 2 atom stereocenters. The van der Waals surface area contributed by atoms with E-state index in [-0.39, 0.29) is 46.6 Å². The smallest absolute Gasteiger partial charge is 0.417 e. The number of carboxylic acid groups (broad SMARTS) is 2. The van der Waals surface area contributed by atoms with Crippen LogP contribution in [0.1, 0.15) is 29.5 Å². The largest absolute Gasteiger partial charge is 0.481 e. The van der Waals surface area contributed by atoms with Crippen LogP contribution >= 0.6 is 69.1 Å². The molecule has 0 unspecified atom stereocenters. The molecule has 2 N–H and O–H groups in total. The van der Waals surface area contributed by atoms with Gasteiger partial charge in [-0.05, 0) is 54.3 Å². The van der Waals surface area contributed by atoms with Gasteiger partial charge in [-0.3, -0.25) is 29.0 Å². The van der Waals surface area contributed by atoms with Gasteiger partial charge in [-0.25, -0.2) is 9.97 Å². The summed E-state index contributed by atoms with van der Waals surface area (Å²) in [5.41, 5.74) is 1.73. The number of carbonyl (C=O) groups is 4. The van der Waals surface area contributed by atoms with Crippen molar-refractivity contribution in [3.63, 3.8) is 0 Å². The van der Waals surface area contributed by atoms with Gasteiger partial charge in [-0.2, -0.15) is 13.2 Å². The quantitative estimate of drug-likeness (QED) is 0.103. The van der Waals surface area contributed by atoms with Crippen molar-refractivity contribution in [2.75, 3.05) is 23.9 Å². The summed E-state index contributed by atoms with van der Waals surface area (Å²) in [7, 11) is 3.00.